The number of carboxylic acids is 1. The predicted molar refractivity (Wildman–Crippen MR) is 132 cm³/mol. The second-order valence-corrected chi connectivity index (χ2v) is 8.43. The van der Waals surface area contributed by atoms with E-state index < -0.39 is 29.9 Å². The van der Waals surface area contributed by atoms with Crippen LogP contribution in [-0.2, 0) is 11.0 Å². The van der Waals surface area contributed by atoms with Gasteiger partial charge >= 0.3 is 12.1 Å². The molecular weight excluding hydrogens is 578 g/mol. The van der Waals surface area contributed by atoms with E-state index in [4.69, 9.17) is 9.84 Å². The van der Waals surface area contributed by atoms with E-state index in [1.54, 1.807) is 42.5 Å². The third-order valence-corrected chi connectivity index (χ3v) is 5.67. The van der Waals surface area contributed by atoms with Gasteiger partial charge in [-0.1, -0.05) is 24.3 Å². The minimum Gasteiger partial charge on any atom is -0.481 e. The number of nitrogens with zero attached hydrogens (tertiary/aromatic N) is 3. The molecule has 0 unspecified atom stereocenters. The van der Waals surface area contributed by atoms with Crippen LogP contribution in [0.25, 0.3) is 22.3 Å². The summed E-state index contributed by atoms with van der Waals surface area (Å²) in [5, 5.41) is 13.3. The van der Waals surface area contributed by atoms with Gasteiger partial charge in [0.15, 0.2) is 12.4 Å². The van der Waals surface area contributed by atoms with Crippen molar-refractivity contribution in [2.75, 3.05) is 6.61 Å². The first-order valence-corrected chi connectivity index (χ1v) is 11.1. The number of hydrogen-bond donors (Lipinski definition) is 1. The number of aliphatic carboxylic acids is 1. The summed E-state index contributed by atoms with van der Waals surface area (Å²) in [5.74, 6) is -0.803. The maximum atomic E-state index is 13.3. The average molecular weight is 593 g/mol. The lowest BCUT2D eigenvalue weighted by Gasteiger charge is -2.12. The molecule has 0 saturated heterocycles. The largest absolute Gasteiger partial charge is 0.481 e. The van der Waals surface area contributed by atoms with Crippen molar-refractivity contribution >= 4 is 45.7 Å². The topological polar surface area (TPSA) is 93.8 Å². The second kappa shape index (κ2) is 9.86. The number of rotatable bonds is 6. The van der Waals surface area contributed by atoms with Crippen molar-refractivity contribution in [2.45, 2.75) is 6.18 Å². The normalized spacial score (nSPS) is 11.8. The van der Waals surface area contributed by atoms with Crippen LogP contribution in [-0.4, -0.2) is 33.6 Å². The van der Waals surface area contributed by atoms with Gasteiger partial charge in [0.1, 0.15) is 5.75 Å². The van der Waals surface area contributed by atoms with E-state index in [1.165, 1.54) is 18.3 Å². The fourth-order valence-electron chi connectivity index (χ4n) is 3.23. The highest BCUT2D eigenvalue weighted by Crippen LogP contribution is 2.32. The number of alkyl halides is 3. The Hall–Kier alpha value is -3.74. The van der Waals surface area contributed by atoms with E-state index in [0.717, 1.165) is 16.8 Å². The van der Waals surface area contributed by atoms with Crippen LogP contribution in [0.3, 0.4) is 0 Å². The van der Waals surface area contributed by atoms with Gasteiger partial charge in [0, 0.05) is 5.56 Å². The molecule has 4 rings (SSSR count). The van der Waals surface area contributed by atoms with Crippen LogP contribution in [0, 0.1) is 3.57 Å². The summed E-state index contributed by atoms with van der Waals surface area (Å²) in [5.41, 5.74) is -0.473. The zero-order valence-electron chi connectivity index (χ0n) is 17.7. The van der Waals surface area contributed by atoms with E-state index in [-0.39, 0.29) is 16.8 Å². The summed E-state index contributed by atoms with van der Waals surface area (Å²) in [6.45, 7) is -0.498. The maximum Gasteiger partial charge on any atom is 0.416 e. The Bertz CT molecular complexity index is 1520. The van der Waals surface area contributed by atoms with Crippen molar-refractivity contribution in [1.29, 1.82) is 0 Å². The molecule has 0 atom stereocenters. The van der Waals surface area contributed by atoms with Gasteiger partial charge in [-0.05, 0) is 70.6 Å². The monoisotopic (exact) mass is 593 g/mol. The molecule has 0 amide bonds. The van der Waals surface area contributed by atoms with Crippen molar-refractivity contribution in [3.63, 3.8) is 0 Å². The minimum atomic E-state index is -4.57. The quantitative estimate of drug-likeness (QED) is 0.250. The first-order valence-electron chi connectivity index (χ1n) is 10.0. The van der Waals surface area contributed by atoms with Gasteiger partial charge in [-0.15, -0.1) is 0 Å². The molecular formula is C24H15F3IN3O4. The Morgan fingerprint density at radius 1 is 1.11 bits per heavy atom. The lowest BCUT2D eigenvalue weighted by molar-refractivity contribution is -0.139. The molecule has 0 spiro atoms. The molecule has 1 N–H and O–H groups in total. The number of carbonyl (C=O) groups is 1. The number of fused-ring (bicyclic) bond motifs is 1. The number of para-hydroxylation sites is 1. The van der Waals surface area contributed by atoms with Crippen LogP contribution in [0.15, 0.2) is 76.6 Å². The Morgan fingerprint density at radius 2 is 1.89 bits per heavy atom. The van der Waals surface area contributed by atoms with Gasteiger partial charge in [0.2, 0.25) is 0 Å². The summed E-state index contributed by atoms with van der Waals surface area (Å²) >= 11 is 1.97. The number of carboxylic acid groups (broad SMARTS) is 1. The van der Waals surface area contributed by atoms with Crippen molar-refractivity contribution in [1.82, 2.24) is 9.66 Å². The Morgan fingerprint density at radius 3 is 2.60 bits per heavy atom. The molecule has 0 aliphatic heterocycles. The summed E-state index contributed by atoms with van der Waals surface area (Å²) in [7, 11) is 0. The van der Waals surface area contributed by atoms with E-state index in [2.05, 4.69) is 10.1 Å². The number of ether oxygens (including phenoxy) is 1. The molecule has 0 bridgehead atoms. The van der Waals surface area contributed by atoms with E-state index in [9.17, 15) is 22.8 Å². The van der Waals surface area contributed by atoms with E-state index >= 15 is 0 Å². The number of aromatic nitrogens is 2. The summed E-state index contributed by atoms with van der Waals surface area (Å²) in [4.78, 5) is 28.3. The first kappa shape index (κ1) is 24.4. The Kier molecular flexibility index (Phi) is 6.87. The van der Waals surface area contributed by atoms with E-state index in [0.29, 0.717) is 20.4 Å². The van der Waals surface area contributed by atoms with Crippen molar-refractivity contribution in [2.24, 2.45) is 5.10 Å². The van der Waals surface area contributed by atoms with E-state index in [1.807, 2.05) is 22.6 Å². The molecule has 7 nitrogen and oxygen atoms in total. The maximum absolute atomic E-state index is 13.3. The molecule has 0 aliphatic rings. The molecule has 0 aliphatic carbocycles. The third kappa shape index (κ3) is 5.50. The number of halogens is 4. The standard InChI is InChI=1S/C24H15F3IN3O4/c25-24(26,27)16-5-3-4-15(11-16)22-30-19-7-2-1-6-17(19)23(34)31(22)29-12-14-8-9-20(18(28)10-14)35-13-21(32)33/h1-12H,13H2,(H,32,33). The second-order valence-electron chi connectivity index (χ2n) is 7.26. The van der Waals surface area contributed by atoms with Crippen LogP contribution in [0.1, 0.15) is 11.1 Å². The zero-order chi connectivity index (χ0) is 25.2. The molecule has 35 heavy (non-hydrogen) atoms. The van der Waals surface area contributed by atoms with Crippen molar-refractivity contribution in [3.8, 4) is 17.1 Å². The molecule has 3 aromatic carbocycles. The molecule has 4 aromatic rings. The fourth-order valence-corrected chi connectivity index (χ4v) is 3.93. The van der Waals surface area contributed by atoms with Gasteiger partial charge < -0.3 is 9.84 Å². The predicted octanol–water partition coefficient (Wildman–Crippen LogP) is 5.03. The Balaban J connectivity index is 1.81. The number of hydrogen-bond acceptors (Lipinski definition) is 5. The molecule has 0 radical (unpaired) electrons. The van der Waals surface area contributed by atoms with Gasteiger partial charge in [0.05, 0.1) is 26.3 Å². The Labute approximate surface area is 209 Å². The highest BCUT2D eigenvalue weighted by Gasteiger charge is 2.31. The fraction of sp³-hybridized carbons (Fsp3) is 0.0833. The van der Waals surface area contributed by atoms with Crippen LogP contribution < -0.4 is 10.3 Å². The summed E-state index contributed by atoms with van der Waals surface area (Å²) < 4.78 is 46.6. The molecule has 1 heterocycles. The van der Waals surface area contributed by atoms with Crippen molar-refractivity contribution in [3.05, 3.63) is 91.8 Å². The SMILES string of the molecule is O=C(O)COc1ccc(C=Nn2c(-c3cccc(C(F)(F)F)c3)nc3ccccc3c2=O)cc1I. The summed E-state index contributed by atoms with van der Waals surface area (Å²) in [6, 6.07) is 15.8. The van der Waals surface area contributed by atoms with Gasteiger partial charge in [0.25, 0.3) is 5.56 Å². The molecule has 0 fully saturated rings. The lowest BCUT2D eigenvalue weighted by atomic mass is 10.1. The minimum absolute atomic E-state index is 0.0489. The molecule has 11 heteroatoms. The van der Waals surface area contributed by atoms with Crippen LogP contribution in [0.5, 0.6) is 5.75 Å². The van der Waals surface area contributed by atoms with Crippen LogP contribution in [0.4, 0.5) is 13.2 Å². The van der Waals surface area contributed by atoms with Crippen LogP contribution in [0.2, 0.25) is 0 Å². The zero-order valence-corrected chi connectivity index (χ0v) is 19.8. The summed E-state index contributed by atoms with van der Waals surface area (Å²) in [6.07, 6.45) is -3.21. The smallest absolute Gasteiger partial charge is 0.416 e. The average Bonchev–Trinajstić information content (AvgIpc) is 2.82. The van der Waals surface area contributed by atoms with Gasteiger partial charge in [-0.2, -0.15) is 22.9 Å². The lowest BCUT2D eigenvalue weighted by Crippen LogP contribution is -2.20. The van der Waals surface area contributed by atoms with Crippen molar-refractivity contribution < 1.29 is 27.8 Å². The number of benzene rings is 3. The molecule has 178 valence electrons. The molecule has 1 aromatic heterocycles. The van der Waals surface area contributed by atoms with Gasteiger partial charge in [-0.25, -0.2) is 9.78 Å². The first-order chi connectivity index (χ1) is 16.6. The molecule has 0 saturated carbocycles. The third-order valence-electron chi connectivity index (χ3n) is 4.83. The van der Waals surface area contributed by atoms with Gasteiger partial charge in [-0.3, -0.25) is 4.79 Å². The van der Waals surface area contributed by atoms with Crippen LogP contribution >= 0.6 is 22.6 Å². The highest BCUT2D eigenvalue weighted by molar-refractivity contribution is 14.1. The highest BCUT2D eigenvalue weighted by atomic mass is 127.